The Labute approximate surface area is 87.5 Å². The molecule has 2 nitrogen and oxygen atoms in total. The van der Waals surface area contributed by atoms with E-state index < -0.39 is 0 Å². The number of unbranched alkanes of at least 4 members (excludes halogenated alkanes) is 1. The van der Waals surface area contributed by atoms with Crippen LogP contribution in [-0.4, -0.2) is 9.78 Å². The maximum absolute atomic E-state index is 4.38. The molecule has 1 aromatic rings. The minimum Gasteiger partial charge on any atom is -0.268 e. The van der Waals surface area contributed by atoms with Crippen LogP contribution >= 0.6 is 15.9 Å². The number of hydrogen-bond donors (Lipinski definition) is 0. The molecule has 0 saturated heterocycles. The second kappa shape index (κ2) is 3.82. The van der Waals surface area contributed by atoms with Gasteiger partial charge in [-0.3, -0.25) is 4.68 Å². The monoisotopic (exact) mass is 242 g/mol. The van der Waals surface area contributed by atoms with E-state index in [1.165, 1.54) is 35.8 Å². The van der Waals surface area contributed by atoms with Gasteiger partial charge in [-0.1, -0.05) is 13.3 Å². The maximum Gasteiger partial charge on any atom is 0.0635 e. The molecule has 0 aliphatic heterocycles. The van der Waals surface area contributed by atoms with Crippen molar-refractivity contribution < 1.29 is 0 Å². The number of aryl methyl sites for hydroxylation is 1. The molecule has 0 radical (unpaired) electrons. The third-order valence-electron chi connectivity index (χ3n) is 2.52. The molecule has 1 aliphatic rings. The Kier molecular flexibility index (Phi) is 2.72. The summed E-state index contributed by atoms with van der Waals surface area (Å²) in [6, 6.07) is 0. The number of hydrogen-bond acceptors (Lipinski definition) is 1. The Bertz CT molecular complexity index is 289. The lowest BCUT2D eigenvalue weighted by molar-refractivity contribution is 0.549. The fraction of sp³-hybridized carbons (Fsp3) is 0.700. The molecule has 1 saturated carbocycles. The predicted molar refractivity (Wildman–Crippen MR) is 56.8 cm³/mol. The lowest BCUT2D eigenvalue weighted by atomic mass is 10.3. The highest BCUT2D eigenvalue weighted by atomic mass is 79.9. The Balaban J connectivity index is 2.13. The fourth-order valence-corrected chi connectivity index (χ4v) is 2.24. The van der Waals surface area contributed by atoms with E-state index in [1.807, 2.05) is 6.20 Å². The first-order chi connectivity index (χ1) is 6.33. The van der Waals surface area contributed by atoms with Crippen LogP contribution in [0, 0.1) is 0 Å². The quantitative estimate of drug-likeness (QED) is 0.793. The topological polar surface area (TPSA) is 17.8 Å². The summed E-state index contributed by atoms with van der Waals surface area (Å²) in [6.45, 7) is 3.29. The van der Waals surface area contributed by atoms with Gasteiger partial charge in [0.05, 0.1) is 16.4 Å². The van der Waals surface area contributed by atoms with Crippen LogP contribution in [0.15, 0.2) is 10.7 Å². The summed E-state index contributed by atoms with van der Waals surface area (Å²) < 4.78 is 3.37. The lowest BCUT2D eigenvalue weighted by Crippen LogP contribution is -2.04. The van der Waals surface area contributed by atoms with E-state index in [9.17, 15) is 0 Å². The lowest BCUT2D eigenvalue weighted by Gasteiger charge is -2.05. The summed E-state index contributed by atoms with van der Waals surface area (Å²) in [5.74, 6) is 0.786. The van der Waals surface area contributed by atoms with Gasteiger partial charge in [0, 0.05) is 12.5 Å². The summed E-state index contributed by atoms with van der Waals surface area (Å²) in [5.41, 5.74) is 1.42. The number of halogens is 1. The van der Waals surface area contributed by atoms with Crippen LogP contribution in [0.25, 0.3) is 0 Å². The number of aromatic nitrogens is 2. The summed E-state index contributed by atoms with van der Waals surface area (Å²) in [5, 5.41) is 4.38. The van der Waals surface area contributed by atoms with E-state index in [4.69, 9.17) is 0 Å². The molecule has 0 amide bonds. The smallest absolute Gasteiger partial charge is 0.0635 e. The molecule has 2 rings (SSSR count). The molecule has 0 atom stereocenters. The van der Waals surface area contributed by atoms with E-state index in [0.717, 1.165) is 12.5 Å². The van der Waals surface area contributed by atoms with Gasteiger partial charge in [0.15, 0.2) is 0 Å². The van der Waals surface area contributed by atoms with Crippen LogP contribution in [0.1, 0.15) is 44.2 Å². The molecule has 1 fully saturated rings. The van der Waals surface area contributed by atoms with Crippen molar-refractivity contribution in [3.05, 3.63) is 16.4 Å². The zero-order chi connectivity index (χ0) is 9.26. The van der Waals surface area contributed by atoms with Gasteiger partial charge in [-0.25, -0.2) is 0 Å². The van der Waals surface area contributed by atoms with Crippen LogP contribution in [0.3, 0.4) is 0 Å². The molecule has 0 spiro atoms. The molecule has 0 unspecified atom stereocenters. The van der Waals surface area contributed by atoms with Gasteiger partial charge in [0.2, 0.25) is 0 Å². The molecule has 72 valence electrons. The van der Waals surface area contributed by atoms with Gasteiger partial charge < -0.3 is 0 Å². The van der Waals surface area contributed by atoms with Crippen LogP contribution in [-0.2, 0) is 6.54 Å². The van der Waals surface area contributed by atoms with Crippen molar-refractivity contribution in [1.82, 2.24) is 9.78 Å². The fourth-order valence-electron chi connectivity index (χ4n) is 1.62. The highest BCUT2D eigenvalue weighted by molar-refractivity contribution is 9.10. The van der Waals surface area contributed by atoms with Crippen molar-refractivity contribution in [3.63, 3.8) is 0 Å². The van der Waals surface area contributed by atoms with Crippen molar-refractivity contribution in [2.75, 3.05) is 0 Å². The first-order valence-corrected chi connectivity index (χ1v) is 5.83. The molecule has 1 aliphatic carbocycles. The minimum atomic E-state index is 0.786. The second-order valence-electron chi connectivity index (χ2n) is 3.73. The van der Waals surface area contributed by atoms with E-state index >= 15 is 0 Å². The van der Waals surface area contributed by atoms with Gasteiger partial charge in [0.25, 0.3) is 0 Å². The highest BCUT2D eigenvalue weighted by Crippen LogP contribution is 2.43. The van der Waals surface area contributed by atoms with E-state index in [1.54, 1.807) is 0 Å². The third kappa shape index (κ3) is 1.96. The van der Waals surface area contributed by atoms with Crippen molar-refractivity contribution in [3.8, 4) is 0 Å². The van der Waals surface area contributed by atoms with Gasteiger partial charge in [0.1, 0.15) is 0 Å². The molecule has 0 aromatic carbocycles. The molecule has 0 bridgehead atoms. The second-order valence-corrected chi connectivity index (χ2v) is 4.58. The van der Waals surface area contributed by atoms with E-state index in [2.05, 4.69) is 32.6 Å². The van der Waals surface area contributed by atoms with Crippen molar-refractivity contribution in [2.24, 2.45) is 0 Å². The summed E-state index contributed by atoms with van der Waals surface area (Å²) >= 11 is 3.57. The first kappa shape index (κ1) is 9.25. The van der Waals surface area contributed by atoms with Crippen LogP contribution < -0.4 is 0 Å². The largest absolute Gasteiger partial charge is 0.268 e. The van der Waals surface area contributed by atoms with Gasteiger partial charge >= 0.3 is 0 Å². The highest BCUT2D eigenvalue weighted by Gasteiger charge is 2.29. The summed E-state index contributed by atoms with van der Waals surface area (Å²) in [6.07, 6.45) is 7.09. The molecule has 3 heteroatoms. The Morgan fingerprint density at radius 1 is 1.62 bits per heavy atom. The Hall–Kier alpha value is -0.310. The van der Waals surface area contributed by atoms with Crippen LogP contribution in [0.2, 0.25) is 0 Å². The molecule has 1 aromatic heterocycles. The standard InChI is InChI=1S/C10H15BrN2/c1-2-3-6-13-10(8-4-5-8)9(11)7-12-13/h7-8H,2-6H2,1H3. The van der Waals surface area contributed by atoms with Gasteiger partial charge in [-0.15, -0.1) is 0 Å². The average Bonchev–Trinajstić information content (AvgIpc) is 2.88. The zero-order valence-corrected chi connectivity index (χ0v) is 9.55. The van der Waals surface area contributed by atoms with Crippen molar-refractivity contribution in [1.29, 1.82) is 0 Å². The van der Waals surface area contributed by atoms with E-state index in [0.29, 0.717) is 0 Å². The van der Waals surface area contributed by atoms with Gasteiger partial charge in [-0.2, -0.15) is 5.10 Å². The van der Waals surface area contributed by atoms with Crippen molar-refractivity contribution in [2.45, 2.75) is 45.1 Å². The SMILES string of the molecule is CCCCn1ncc(Br)c1C1CC1. The van der Waals surface area contributed by atoms with E-state index in [-0.39, 0.29) is 0 Å². The van der Waals surface area contributed by atoms with Crippen molar-refractivity contribution >= 4 is 15.9 Å². The average molecular weight is 243 g/mol. The molecular weight excluding hydrogens is 228 g/mol. The summed E-state index contributed by atoms with van der Waals surface area (Å²) in [4.78, 5) is 0. The Morgan fingerprint density at radius 2 is 2.38 bits per heavy atom. The first-order valence-electron chi connectivity index (χ1n) is 5.04. The Morgan fingerprint density at radius 3 is 3.00 bits per heavy atom. The predicted octanol–water partition coefficient (Wildman–Crippen LogP) is 3.32. The minimum absolute atomic E-state index is 0.786. The van der Waals surface area contributed by atoms with Crippen LogP contribution in [0.5, 0.6) is 0 Å². The zero-order valence-electron chi connectivity index (χ0n) is 7.96. The molecule has 0 N–H and O–H groups in total. The molecule has 13 heavy (non-hydrogen) atoms. The number of nitrogens with zero attached hydrogens (tertiary/aromatic N) is 2. The molecular formula is C10H15BrN2. The third-order valence-corrected chi connectivity index (χ3v) is 3.13. The van der Waals surface area contributed by atoms with Crippen LogP contribution in [0.4, 0.5) is 0 Å². The number of rotatable bonds is 4. The molecule has 1 heterocycles. The summed E-state index contributed by atoms with van der Waals surface area (Å²) in [7, 11) is 0. The maximum atomic E-state index is 4.38. The van der Waals surface area contributed by atoms with Gasteiger partial charge in [-0.05, 0) is 35.2 Å². The normalized spacial score (nSPS) is 16.5.